The third kappa shape index (κ3) is 1.89. The first-order chi connectivity index (χ1) is 7.02. The van der Waals surface area contributed by atoms with Crippen LogP contribution < -0.4 is 0 Å². The van der Waals surface area contributed by atoms with Crippen molar-refractivity contribution >= 4 is 5.91 Å². The Morgan fingerprint density at radius 2 is 1.80 bits per heavy atom. The summed E-state index contributed by atoms with van der Waals surface area (Å²) >= 11 is 0. The van der Waals surface area contributed by atoms with Gasteiger partial charge in [-0.3, -0.25) is 9.69 Å². The van der Waals surface area contributed by atoms with E-state index >= 15 is 0 Å². The van der Waals surface area contributed by atoms with Crippen LogP contribution in [0, 0.1) is 5.92 Å². The Morgan fingerprint density at radius 3 is 2.33 bits per heavy atom. The van der Waals surface area contributed by atoms with Gasteiger partial charge in [0.15, 0.2) is 0 Å². The number of carbonyl (C=O) groups excluding carboxylic acids is 1. The highest BCUT2D eigenvalue weighted by molar-refractivity contribution is 5.79. The lowest BCUT2D eigenvalue weighted by Gasteiger charge is -2.37. The van der Waals surface area contributed by atoms with Crippen LogP contribution in [0.1, 0.15) is 34.1 Å². The summed E-state index contributed by atoms with van der Waals surface area (Å²) in [5.74, 6) is 0.489. The zero-order valence-corrected chi connectivity index (χ0v) is 10.2. The largest absolute Gasteiger partial charge is 0.337 e. The fourth-order valence-electron chi connectivity index (χ4n) is 2.66. The minimum Gasteiger partial charge on any atom is -0.337 e. The second-order valence-electron chi connectivity index (χ2n) is 5.39. The van der Waals surface area contributed by atoms with Crippen LogP contribution in [0.4, 0.5) is 0 Å². The molecular formula is C12H22N2O. The van der Waals surface area contributed by atoms with E-state index < -0.39 is 0 Å². The van der Waals surface area contributed by atoms with Crippen LogP contribution in [0.3, 0.4) is 0 Å². The molecule has 15 heavy (non-hydrogen) atoms. The van der Waals surface area contributed by atoms with E-state index in [0.717, 1.165) is 13.1 Å². The molecule has 0 aromatic carbocycles. The zero-order valence-electron chi connectivity index (χ0n) is 10.2. The molecule has 0 bridgehead atoms. The third-order valence-electron chi connectivity index (χ3n) is 3.59. The first-order valence-electron chi connectivity index (χ1n) is 6.08. The number of hydrogen-bond acceptors (Lipinski definition) is 2. The molecular weight excluding hydrogens is 188 g/mol. The van der Waals surface area contributed by atoms with E-state index in [-0.39, 0.29) is 5.92 Å². The monoisotopic (exact) mass is 210 g/mol. The lowest BCUT2D eigenvalue weighted by Crippen LogP contribution is -2.51. The van der Waals surface area contributed by atoms with E-state index in [0.29, 0.717) is 24.0 Å². The maximum atomic E-state index is 11.9. The van der Waals surface area contributed by atoms with E-state index in [4.69, 9.17) is 0 Å². The van der Waals surface area contributed by atoms with Crippen molar-refractivity contribution in [2.75, 3.05) is 13.1 Å². The quantitative estimate of drug-likeness (QED) is 0.686. The molecule has 2 atom stereocenters. The van der Waals surface area contributed by atoms with Gasteiger partial charge in [-0.1, -0.05) is 13.8 Å². The van der Waals surface area contributed by atoms with E-state index in [9.17, 15) is 4.79 Å². The van der Waals surface area contributed by atoms with E-state index in [1.54, 1.807) is 0 Å². The Hall–Kier alpha value is -0.570. The smallest absolute Gasteiger partial charge is 0.225 e. The average molecular weight is 210 g/mol. The highest BCUT2D eigenvalue weighted by atomic mass is 16.2. The highest BCUT2D eigenvalue weighted by Gasteiger charge is 2.51. The van der Waals surface area contributed by atoms with Crippen LogP contribution in [-0.2, 0) is 4.79 Å². The van der Waals surface area contributed by atoms with Gasteiger partial charge in [0, 0.05) is 37.1 Å². The van der Waals surface area contributed by atoms with Crippen molar-refractivity contribution in [2.24, 2.45) is 5.92 Å². The summed E-state index contributed by atoms with van der Waals surface area (Å²) in [7, 11) is 0. The van der Waals surface area contributed by atoms with Crippen molar-refractivity contribution in [3.8, 4) is 0 Å². The maximum Gasteiger partial charge on any atom is 0.225 e. The predicted molar refractivity (Wildman–Crippen MR) is 60.6 cm³/mol. The standard InChI is InChI=1S/C12H22N2O/c1-8(2)12(15)14-6-5-13(9(3)4)10-7-11(10)14/h8-11H,5-7H2,1-4H3. The summed E-state index contributed by atoms with van der Waals surface area (Å²) in [6.07, 6.45) is 1.19. The molecule has 1 saturated heterocycles. The van der Waals surface area contributed by atoms with Gasteiger partial charge in [0.2, 0.25) is 5.91 Å². The van der Waals surface area contributed by atoms with Crippen LogP contribution in [0.25, 0.3) is 0 Å². The first kappa shape index (κ1) is 10.9. The summed E-state index contributed by atoms with van der Waals surface area (Å²) in [5, 5.41) is 0. The van der Waals surface area contributed by atoms with Gasteiger partial charge in [0.05, 0.1) is 0 Å². The van der Waals surface area contributed by atoms with Crippen molar-refractivity contribution in [2.45, 2.75) is 52.2 Å². The predicted octanol–water partition coefficient (Wildman–Crippen LogP) is 1.34. The van der Waals surface area contributed by atoms with Gasteiger partial charge in [-0.2, -0.15) is 0 Å². The molecule has 2 aliphatic rings. The second kappa shape index (κ2) is 3.78. The minimum absolute atomic E-state index is 0.150. The lowest BCUT2D eigenvalue weighted by molar-refractivity contribution is -0.137. The van der Waals surface area contributed by atoms with Gasteiger partial charge < -0.3 is 4.90 Å². The molecule has 2 unspecified atom stereocenters. The van der Waals surface area contributed by atoms with Gasteiger partial charge in [-0.05, 0) is 20.3 Å². The zero-order chi connectivity index (χ0) is 11.2. The number of piperazine rings is 1. The van der Waals surface area contributed by atoms with E-state index in [1.165, 1.54) is 6.42 Å². The number of rotatable bonds is 2. The number of nitrogens with zero attached hydrogens (tertiary/aromatic N) is 2. The van der Waals surface area contributed by atoms with Crippen LogP contribution in [0.2, 0.25) is 0 Å². The van der Waals surface area contributed by atoms with Crippen molar-refractivity contribution in [3.63, 3.8) is 0 Å². The summed E-state index contributed by atoms with van der Waals surface area (Å²) in [6, 6.07) is 1.80. The van der Waals surface area contributed by atoms with Crippen molar-refractivity contribution in [1.82, 2.24) is 9.80 Å². The molecule has 1 amide bonds. The third-order valence-corrected chi connectivity index (χ3v) is 3.59. The summed E-state index contributed by atoms with van der Waals surface area (Å²) in [6.45, 7) is 10.5. The molecule has 1 aliphatic carbocycles. The molecule has 1 saturated carbocycles. The SMILES string of the molecule is CC(C)C(=O)N1CCN(C(C)C)C2CC21. The first-order valence-corrected chi connectivity index (χ1v) is 6.08. The van der Waals surface area contributed by atoms with Gasteiger partial charge in [0.25, 0.3) is 0 Å². The van der Waals surface area contributed by atoms with Crippen molar-refractivity contribution in [1.29, 1.82) is 0 Å². The molecule has 2 fully saturated rings. The minimum atomic E-state index is 0.150. The molecule has 86 valence electrons. The Labute approximate surface area is 92.4 Å². The molecule has 0 N–H and O–H groups in total. The van der Waals surface area contributed by atoms with Crippen LogP contribution in [-0.4, -0.2) is 46.9 Å². The number of hydrogen-bond donors (Lipinski definition) is 0. The topological polar surface area (TPSA) is 23.6 Å². The number of amides is 1. The normalized spacial score (nSPS) is 30.9. The Morgan fingerprint density at radius 1 is 1.13 bits per heavy atom. The molecule has 1 aliphatic heterocycles. The molecule has 3 heteroatoms. The van der Waals surface area contributed by atoms with Gasteiger partial charge in [-0.15, -0.1) is 0 Å². The number of carbonyl (C=O) groups is 1. The fourth-order valence-corrected chi connectivity index (χ4v) is 2.66. The average Bonchev–Trinajstić information content (AvgIpc) is 2.93. The Bertz CT molecular complexity index is 262. The van der Waals surface area contributed by atoms with Crippen molar-refractivity contribution in [3.05, 3.63) is 0 Å². The Kier molecular flexibility index (Phi) is 2.75. The van der Waals surface area contributed by atoms with Gasteiger partial charge >= 0.3 is 0 Å². The summed E-state index contributed by atoms with van der Waals surface area (Å²) < 4.78 is 0. The fraction of sp³-hybridized carbons (Fsp3) is 0.917. The van der Waals surface area contributed by atoms with E-state index in [1.807, 2.05) is 13.8 Å². The molecule has 2 rings (SSSR count). The highest BCUT2D eigenvalue weighted by Crippen LogP contribution is 2.38. The number of fused-ring (bicyclic) bond motifs is 1. The second-order valence-corrected chi connectivity index (χ2v) is 5.39. The molecule has 0 aromatic rings. The van der Waals surface area contributed by atoms with Crippen LogP contribution in [0.15, 0.2) is 0 Å². The van der Waals surface area contributed by atoms with Gasteiger partial charge in [0.1, 0.15) is 0 Å². The summed E-state index contributed by atoms with van der Waals surface area (Å²) in [5.41, 5.74) is 0. The molecule has 3 nitrogen and oxygen atoms in total. The van der Waals surface area contributed by atoms with E-state index in [2.05, 4.69) is 23.6 Å². The van der Waals surface area contributed by atoms with Crippen LogP contribution >= 0.6 is 0 Å². The van der Waals surface area contributed by atoms with Gasteiger partial charge in [-0.25, -0.2) is 0 Å². The molecule has 0 radical (unpaired) electrons. The lowest BCUT2D eigenvalue weighted by atomic mass is 10.1. The Balaban J connectivity index is 1.98. The molecule has 0 spiro atoms. The van der Waals surface area contributed by atoms with Crippen molar-refractivity contribution < 1.29 is 4.79 Å². The van der Waals surface area contributed by atoms with Crippen LogP contribution in [0.5, 0.6) is 0 Å². The summed E-state index contributed by atoms with van der Waals surface area (Å²) in [4.78, 5) is 16.6. The molecule has 0 aromatic heterocycles. The maximum absolute atomic E-state index is 11.9. The molecule has 1 heterocycles.